The van der Waals surface area contributed by atoms with E-state index in [4.69, 9.17) is 5.11 Å². The molecule has 1 fully saturated rings. The van der Waals surface area contributed by atoms with Gasteiger partial charge in [-0.2, -0.15) is 13.2 Å². The number of aromatic nitrogens is 1. The Morgan fingerprint density at radius 3 is 2.53 bits per heavy atom. The zero-order valence-electron chi connectivity index (χ0n) is 9.81. The third kappa shape index (κ3) is 3.48. The highest BCUT2D eigenvalue weighted by Gasteiger charge is 2.32. The zero-order chi connectivity index (χ0) is 14.3. The molecule has 1 saturated carbocycles. The lowest BCUT2D eigenvalue weighted by Gasteiger charge is -2.07. The minimum absolute atomic E-state index is 0.133. The molecule has 108 valence electrons. The highest BCUT2D eigenvalue weighted by molar-refractivity contribution is 7.89. The Morgan fingerprint density at radius 1 is 1.42 bits per heavy atom. The fraction of sp³-hybridized carbons (Fsp3) is 0.600. The molecule has 0 radical (unpaired) electrons. The molecule has 0 aromatic carbocycles. The SMILES string of the molecule is O=S(=O)(NCC(F)(F)F)c1cc(CO)n(C2CC2)c1. The van der Waals surface area contributed by atoms with E-state index < -0.39 is 22.7 Å². The van der Waals surface area contributed by atoms with Gasteiger partial charge in [0, 0.05) is 17.9 Å². The second-order valence-electron chi connectivity index (χ2n) is 4.40. The van der Waals surface area contributed by atoms with Crippen LogP contribution in [0.1, 0.15) is 24.6 Å². The van der Waals surface area contributed by atoms with Crippen molar-refractivity contribution in [2.24, 2.45) is 0 Å². The fourth-order valence-electron chi connectivity index (χ4n) is 1.72. The summed E-state index contributed by atoms with van der Waals surface area (Å²) < 4.78 is 62.5. The average molecular weight is 298 g/mol. The predicted molar refractivity (Wildman–Crippen MR) is 59.9 cm³/mol. The molecule has 2 N–H and O–H groups in total. The Bertz CT molecular complexity index is 561. The lowest BCUT2D eigenvalue weighted by atomic mass is 10.4. The molecule has 5 nitrogen and oxygen atoms in total. The summed E-state index contributed by atoms with van der Waals surface area (Å²) in [4.78, 5) is -0.257. The van der Waals surface area contributed by atoms with Crippen molar-refractivity contribution in [2.75, 3.05) is 6.54 Å². The van der Waals surface area contributed by atoms with E-state index in [1.54, 1.807) is 4.57 Å². The molecule has 0 unspecified atom stereocenters. The van der Waals surface area contributed by atoms with Crippen molar-refractivity contribution in [1.82, 2.24) is 9.29 Å². The topological polar surface area (TPSA) is 71.3 Å². The zero-order valence-corrected chi connectivity index (χ0v) is 10.6. The van der Waals surface area contributed by atoms with Crippen LogP contribution in [0.25, 0.3) is 0 Å². The third-order valence-corrected chi connectivity index (χ3v) is 4.15. The first kappa shape index (κ1) is 14.4. The van der Waals surface area contributed by atoms with Crippen LogP contribution in [0.2, 0.25) is 0 Å². The average Bonchev–Trinajstić information content (AvgIpc) is 3.05. The molecule has 1 aliphatic rings. The van der Waals surface area contributed by atoms with Gasteiger partial charge in [-0.25, -0.2) is 13.1 Å². The van der Waals surface area contributed by atoms with Crippen molar-refractivity contribution in [3.8, 4) is 0 Å². The summed E-state index contributed by atoms with van der Waals surface area (Å²) in [6.45, 7) is -1.97. The maximum Gasteiger partial charge on any atom is 0.402 e. The number of hydrogen-bond acceptors (Lipinski definition) is 3. The highest BCUT2D eigenvalue weighted by Crippen LogP contribution is 2.37. The normalized spacial score (nSPS) is 16.8. The van der Waals surface area contributed by atoms with Crippen LogP contribution in [0.3, 0.4) is 0 Å². The van der Waals surface area contributed by atoms with Crippen LogP contribution in [-0.4, -0.2) is 30.8 Å². The molecule has 0 bridgehead atoms. The van der Waals surface area contributed by atoms with Gasteiger partial charge in [0.25, 0.3) is 0 Å². The lowest BCUT2D eigenvalue weighted by Crippen LogP contribution is -2.33. The van der Waals surface area contributed by atoms with Crippen molar-refractivity contribution in [1.29, 1.82) is 0 Å². The van der Waals surface area contributed by atoms with Gasteiger partial charge in [-0.3, -0.25) is 0 Å². The summed E-state index contributed by atoms with van der Waals surface area (Å²) in [5.74, 6) is 0. The van der Waals surface area contributed by atoms with Gasteiger partial charge in [0.15, 0.2) is 0 Å². The van der Waals surface area contributed by atoms with Crippen molar-refractivity contribution >= 4 is 10.0 Å². The molecule has 1 aliphatic carbocycles. The monoisotopic (exact) mass is 298 g/mol. The second kappa shape index (κ2) is 4.80. The Hall–Kier alpha value is -1.06. The predicted octanol–water partition coefficient (Wildman–Crippen LogP) is 1.16. The van der Waals surface area contributed by atoms with Gasteiger partial charge < -0.3 is 9.67 Å². The number of rotatable bonds is 5. The highest BCUT2D eigenvalue weighted by atomic mass is 32.2. The summed E-state index contributed by atoms with van der Waals surface area (Å²) in [6.07, 6.45) is -1.60. The van der Waals surface area contributed by atoms with Crippen LogP contribution in [0.15, 0.2) is 17.2 Å². The number of halogens is 3. The summed E-state index contributed by atoms with van der Waals surface area (Å²) in [5, 5.41) is 9.12. The minimum atomic E-state index is -4.61. The fourth-order valence-corrected chi connectivity index (χ4v) is 2.79. The molecular weight excluding hydrogens is 285 g/mol. The van der Waals surface area contributed by atoms with Gasteiger partial charge >= 0.3 is 6.18 Å². The third-order valence-electron chi connectivity index (χ3n) is 2.78. The van der Waals surface area contributed by atoms with Crippen LogP contribution in [-0.2, 0) is 16.6 Å². The molecule has 0 spiro atoms. The van der Waals surface area contributed by atoms with E-state index in [9.17, 15) is 21.6 Å². The van der Waals surface area contributed by atoms with E-state index in [-0.39, 0.29) is 17.5 Å². The van der Waals surface area contributed by atoms with Crippen molar-refractivity contribution in [3.63, 3.8) is 0 Å². The van der Waals surface area contributed by atoms with Gasteiger partial charge in [0.2, 0.25) is 10.0 Å². The number of aliphatic hydroxyl groups excluding tert-OH is 1. The second-order valence-corrected chi connectivity index (χ2v) is 6.17. The van der Waals surface area contributed by atoms with Gasteiger partial charge in [-0.05, 0) is 18.9 Å². The summed E-state index contributed by atoms with van der Waals surface area (Å²) in [6, 6.07) is 1.32. The number of nitrogens with zero attached hydrogens (tertiary/aromatic N) is 1. The van der Waals surface area contributed by atoms with Crippen molar-refractivity contribution < 1.29 is 26.7 Å². The van der Waals surface area contributed by atoms with E-state index in [0.29, 0.717) is 5.69 Å². The largest absolute Gasteiger partial charge is 0.402 e. The Labute approximate surface area is 108 Å². The van der Waals surface area contributed by atoms with E-state index >= 15 is 0 Å². The van der Waals surface area contributed by atoms with Crippen LogP contribution in [0.5, 0.6) is 0 Å². The molecular formula is C10H13F3N2O3S. The number of sulfonamides is 1. The van der Waals surface area contributed by atoms with Gasteiger partial charge in [0.1, 0.15) is 6.54 Å². The Morgan fingerprint density at radius 2 is 2.05 bits per heavy atom. The van der Waals surface area contributed by atoms with Crippen LogP contribution >= 0.6 is 0 Å². The smallest absolute Gasteiger partial charge is 0.390 e. The summed E-state index contributed by atoms with van der Waals surface area (Å²) in [5.41, 5.74) is 0.384. The van der Waals surface area contributed by atoms with Crippen LogP contribution < -0.4 is 4.72 Å². The molecule has 1 aromatic rings. The molecule has 1 aromatic heterocycles. The van der Waals surface area contributed by atoms with Crippen LogP contribution in [0, 0.1) is 0 Å². The quantitative estimate of drug-likeness (QED) is 0.857. The molecule has 0 aliphatic heterocycles. The number of hydrogen-bond donors (Lipinski definition) is 2. The van der Waals surface area contributed by atoms with Gasteiger partial charge in [0.05, 0.1) is 11.5 Å². The van der Waals surface area contributed by atoms with E-state index in [1.807, 2.05) is 0 Å². The Kier molecular flexibility index (Phi) is 3.63. The van der Waals surface area contributed by atoms with E-state index in [1.165, 1.54) is 17.0 Å². The molecule has 0 saturated heterocycles. The van der Waals surface area contributed by atoms with Gasteiger partial charge in [-0.15, -0.1) is 0 Å². The maximum absolute atomic E-state index is 12.0. The standard InChI is InChI=1S/C10H13F3N2O3S/c11-10(12,13)6-14-19(17,18)9-3-8(5-16)15(4-9)7-1-2-7/h3-4,7,14,16H,1-2,5-6H2. The number of alkyl halides is 3. The summed E-state index contributed by atoms with van der Waals surface area (Å²) >= 11 is 0. The van der Waals surface area contributed by atoms with E-state index in [0.717, 1.165) is 12.8 Å². The van der Waals surface area contributed by atoms with Crippen molar-refractivity contribution in [3.05, 3.63) is 18.0 Å². The van der Waals surface area contributed by atoms with Crippen LogP contribution in [0.4, 0.5) is 13.2 Å². The minimum Gasteiger partial charge on any atom is -0.390 e. The number of nitrogens with one attached hydrogen (secondary N) is 1. The first-order valence-corrected chi connectivity index (χ1v) is 7.09. The van der Waals surface area contributed by atoms with E-state index in [2.05, 4.69) is 0 Å². The maximum atomic E-state index is 12.0. The van der Waals surface area contributed by atoms with Gasteiger partial charge in [-0.1, -0.05) is 0 Å². The molecule has 2 rings (SSSR count). The molecule has 9 heteroatoms. The Balaban J connectivity index is 2.20. The summed E-state index contributed by atoms with van der Waals surface area (Å²) in [7, 11) is -4.21. The molecule has 0 amide bonds. The number of aliphatic hydroxyl groups is 1. The molecule has 19 heavy (non-hydrogen) atoms. The van der Waals surface area contributed by atoms with Crippen molar-refractivity contribution in [2.45, 2.75) is 36.6 Å². The first-order valence-electron chi connectivity index (χ1n) is 5.61. The first-order chi connectivity index (χ1) is 8.73. The molecule has 1 heterocycles. The lowest BCUT2D eigenvalue weighted by molar-refractivity contribution is -0.121. The molecule has 0 atom stereocenters.